The average Bonchev–Trinajstić information content (AvgIpc) is 3.01. The van der Waals surface area contributed by atoms with Gasteiger partial charge < -0.3 is 15.0 Å². The lowest BCUT2D eigenvalue weighted by Gasteiger charge is -2.26. The SMILES string of the molecule is CCNC(=NCCCc1cn[nH]c1C)N(C)CCC1CCOCC1.I. The smallest absolute Gasteiger partial charge is 0.193 e. The fraction of sp³-hybridized carbons (Fsp3) is 0.778. The molecule has 0 amide bonds. The first-order valence-electron chi connectivity index (χ1n) is 9.26. The van der Waals surface area contributed by atoms with E-state index < -0.39 is 0 Å². The van der Waals surface area contributed by atoms with Gasteiger partial charge in [-0.3, -0.25) is 10.1 Å². The van der Waals surface area contributed by atoms with Crippen LogP contribution in [0, 0.1) is 12.8 Å². The Hall–Kier alpha value is -0.830. The zero-order valence-electron chi connectivity index (χ0n) is 15.9. The monoisotopic (exact) mass is 463 g/mol. The van der Waals surface area contributed by atoms with Crippen molar-refractivity contribution in [3.63, 3.8) is 0 Å². The minimum absolute atomic E-state index is 0. The van der Waals surface area contributed by atoms with Gasteiger partial charge in [0.15, 0.2) is 5.96 Å². The first-order valence-corrected chi connectivity index (χ1v) is 9.26. The zero-order chi connectivity index (χ0) is 17.2. The van der Waals surface area contributed by atoms with Gasteiger partial charge in [0, 0.05) is 45.6 Å². The molecule has 1 aliphatic heterocycles. The standard InChI is InChI=1S/C18H33N5O.HI/c1-4-19-18(20-10-5-6-17-14-21-22-15(17)2)23(3)11-7-16-8-12-24-13-9-16;/h14,16H,4-13H2,1-3H3,(H,19,20)(H,21,22);1H. The van der Waals surface area contributed by atoms with Crippen LogP contribution in [0.1, 0.15) is 43.9 Å². The maximum absolute atomic E-state index is 5.44. The highest BCUT2D eigenvalue weighted by atomic mass is 127. The van der Waals surface area contributed by atoms with Crippen molar-refractivity contribution in [1.29, 1.82) is 0 Å². The van der Waals surface area contributed by atoms with Crippen molar-refractivity contribution < 1.29 is 4.74 Å². The maximum atomic E-state index is 5.44. The van der Waals surface area contributed by atoms with Gasteiger partial charge in [-0.15, -0.1) is 24.0 Å². The minimum Gasteiger partial charge on any atom is -0.381 e. The molecule has 0 radical (unpaired) electrons. The molecule has 1 aromatic rings. The molecule has 7 heteroatoms. The van der Waals surface area contributed by atoms with Gasteiger partial charge in [0.2, 0.25) is 0 Å². The third-order valence-corrected chi connectivity index (χ3v) is 4.71. The van der Waals surface area contributed by atoms with Gasteiger partial charge >= 0.3 is 0 Å². The molecule has 0 unspecified atom stereocenters. The lowest BCUT2D eigenvalue weighted by molar-refractivity contribution is 0.0625. The summed E-state index contributed by atoms with van der Waals surface area (Å²) in [5, 5.41) is 10.5. The summed E-state index contributed by atoms with van der Waals surface area (Å²) in [5.74, 6) is 1.82. The van der Waals surface area contributed by atoms with Crippen LogP contribution >= 0.6 is 24.0 Å². The first-order chi connectivity index (χ1) is 11.7. The molecule has 0 spiro atoms. The van der Waals surface area contributed by atoms with Gasteiger partial charge in [-0.05, 0) is 57.4 Å². The van der Waals surface area contributed by atoms with Crippen molar-refractivity contribution in [1.82, 2.24) is 20.4 Å². The molecule has 144 valence electrons. The number of aryl methyl sites for hydroxylation is 2. The minimum atomic E-state index is 0. The normalized spacial score (nSPS) is 15.7. The van der Waals surface area contributed by atoms with Crippen molar-refractivity contribution >= 4 is 29.9 Å². The number of hydrogen-bond acceptors (Lipinski definition) is 3. The van der Waals surface area contributed by atoms with Gasteiger partial charge in [-0.2, -0.15) is 5.10 Å². The van der Waals surface area contributed by atoms with E-state index in [0.717, 1.165) is 57.6 Å². The molecule has 1 fully saturated rings. The number of aliphatic imine (C=N–C) groups is 1. The van der Waals surface area contributed by atoms with E-state index in [1.54, 1.807) is 0 Å². The van der Waals surface area contributed by atoms with Crippen LogP contribution in [-0.2, 0) is 11.2 Å². The molecule has 1 saturated heterocycles. The van der Waals surface area contributed by atoms with E-state index in [1.807, 2.05) is 6.20 Å². The molecular formula is C18H34IN5O. The molecule has 2 N–H and O–H groups in total. The average molecular weight is 463 g/mol. The van der Waals surface area contributed by atoms with E-state index in [9.17, 15) is 0 Å². The third kappa shape index (κ3) is 7.94. The van der Waals surface area contributed by atoms with Gasteiger partial charge in [0.05, 0.1) is 6.20 Å². The molecule has 0 bridgehead atoms. The number of aromatic amines is 1. The number of nitrogens with zero attached hydrogens (tertiary/aromatic N) is 3. The van der Waals surface area contributed by atoms with Crippen LogP contribution in [0.4, 0.5) is 0 Å². The predicted octanol–water partition coefficient (Wildman–Crippen LogP) is 2.98. The van der Waals surface area contributed by atoms with Crippen molar-refractivity contribution in [3.05, 3.63) is 17.5 Å². The van der Waals surface area contributed by atoms with Crippen molar-refractivity contribution in [2.75, 3.05) is 39.9 Å². The lowest BCUT2D eigenvalue weighted by Crippen LogP contribution is -2.40. The summed E-state index contributed by atoms with van der Waals surface area (Å²) in [7, 11) is 2.14. The van der Waals surface area contributed by atoms with E-state index in [0.29, 0.717) is 0 Å². The van der Waals surface area contributed by atoms with Crippen molar-refractivity contribution in [2.45, 2.75) is 46.0 Å². The summed E-state index contributed by atoms with van der Waals surface area (Å²) in [6.07, 6.45) is 7.61. The second kappa shape index (κ2) is 12.5. The zero-order valence-corrected chi connectivity index (χ0v) is 18.2. The summed E-state index contributed by atoms with van der Waals surface area (Å²) in [4.78, 5) is 7.05. The van der Waals surface area contributed by atoms with E-state index >= 15 is 0 Å². The predicted molar refractivity (Wildman–Crippen MR) is 114 cm³/mol. The number of aromatic nitrogens is 2. The number of H-pyrrole nitrogens is 1. The Morgan fingerprint density at radius 3 is 2.84 bits per heavy atom. The molecule has 1 aromatic heterocycles. The quantitative estimate of drug-likeness (QED) is 0.269. The molecule has 0 saturated carbocycles. The first kappa shape index (κ1) is 22.2. The van der Waals surface area contributed by atoms with Gasteiger partial charge in [-0.25, -0.2) is 0 Å². The van der Waals surface area contributed by atoms with Gasteiger partial charge in [0.25, 0.3) is 0 Å². The Bertz CT molecular complexity index is 499. The summed E-state index contributed by atoms with van der Waals surface area (Å²) in [6, 6.07) is 0. The number of rotatable bonds is 8. The Morgan fingerprint density at radius 1 is 1.44 bits per heavy atom. The maximum Gasteiger partial charge on any atom is 0.193 e. The molecule has 1 aliphatic rings. The molecule has 6 nitrogen and oxygen atoms in total. The van der Waals surface area contributed by atoms with E-state index in [-0.39, 0.29) is 24.0 Å². The Balaban J connectivity index is 0.00000312. The summed E-state index contributed by atoms with van der Waals surface area (Å²) in [5.41, 5.74) is 2.46. The van der Waals surface area contributed by atoms with E-state index in [2.05, 4.69) is 41.3 Å². The van der Waals surface area contributed by atoms with E-state index in [4.69, 9.17) is 9.73 Å². The molecule has 0 aromatic carbocycles. The molecule has 25 heavy (non-hydrogen) atoms. The third-order valence-electron chi connectivity index (χ3n) is 4.71. The number of hydrogen-bond donors (Lipinski definition) is 2. The van der Waals surface area contributed by atoms with E-state index in [1.165, 1.54) is 30.5 Å². The Kier molecular flexibility index (Phi) is 11.1. The highest BCUT2D eigenvalue weighted by Gasteiger charge is 2.15. The van der Waals surface area contributed by atoms with Crippen molar-refractivity contribution in [3.8, 4) is 0 Å². The van der Waals surface area contributed by atoms with Crippen LogP contribution in [0.2, 0.25) is 0 Å². The molecule has 2 rings (SSSR count). The fourth-order valence-corrected chi connectivity index (χ4v) is 3.07. The summed E-state index contributed by atoms with van der Waals surface area (Å²) >= 11 is 0. The lowest BCUT2D eigenvalue weighted by atomic mass is 9.96. The van der Waals surface area contributed by atoms with Crippen LogP contribution < -0.4 is 5.32 Å². The number of halogens is 1. The summed E-state index contributed by atoms with van der Waals surface area (Å²) < 4.78 is 5.44. The molecule has 0 aliphatic carbocycles. The highest BCUT2D eigenvalue weighted by molar-refractivity contribution is 14.0. The van der Waals surface area contributed by atoms with Gasteiger partial charge in [0.1, 0.15) is 0 Å². The highest BCUT2D eigenvalue weighted by Crippen LogP contribution is 2.18. The molecule has 0 atom stereocenters. The van der Waals surface area contributed by atoms with Crippen LogP contribution in [-0.4, -0.2) is 61.0 Å². The van der Waals surface area contributed by atoms with Gasteiger partial charge in [-0.1, -0.05) is 0 Å². The van der Waals surface area contributed by atoms with Crippen LogP contribution in [0.5, 0.6) is 0 Å². The second-order valence-electron chi connectivity index (χ2n) is 6.63. The number of ether oxygens (including phenoxy) is 1. The largest absolute Gasteiger partial charge is 0.381 e. The Morgan fingerprint density at radius 2 is 2.20 bits per heavy atom. The van der Waals surface area contributed by atoms with Crippen molar-refractivity contribution in [2.24, 2.45) is 10.9 Å². The van der Waals surface area contributed by atoms with Crippen LogP contribution in [0.15, 0.2) is 11.2 Å². The number of nitrogens with one attached hydrogen (secondary N) is 2. The Labute approximate surface area is 169 Å². The molecule has 2 heterocycles. The second-order valence-corrected chi connectivity index (χ2v) is 6.63. The van der Waals surface area contributed by atoms with Crippen LogP contribution in [0.25, 0.3) is 0 Å². The fourth-order valence-electron chi connectivity index (χ4n) is 3.07. The number of guanidine groups is 1. The molecular weight excluding hydrogens is 429 g/mol. The summed E-state index contributed by atoms with van der Waals surface area (Å²) in [6.45, 7) is 8.84. The van der Waals surface area contributed by atoms with Crippen LogP contribution in [0.3, 0.4) is 0 Å². The topological polar surface area (TPSA) is 65.5 Å².